The molecule has 0 heterocycles. The summed E-state index contributed by atoms with van der Waals surface area (Å²) in [6.07, 6.45) is -0.467. The molecule has 1 aromatic carbocycles. The van der Waals surface area contributed by atoms with E-state index in [2.05, 4.69) is 73.8 Å². The first-order valence-corrected chi connectivity index (χ1v) is 37.3. The van der Waals surface area contributed by atoms with Crippen LogP contribution < -0.4 is 110 Å². The number of hydrogen-bond acceptors (Lipinski definition) is 20. The number of aliphatic carboxylic acids is 1. The van der Waals surface area contributed by atoms with Gasteiger partial charge in [-0.2, -0.15) is 0 Å². The first-order valence-electron chi connectivity index (χ1n) is 37.3. The quantitative estimate of drug-likeness (QED) is 0.0165. The number of primary amides is 2. The molecule has 14 amide bonds. The van der Waals surface area contributed by atoms with Crippen LogP contribution >= 0.6 is 0 Å². The fourth-order valence-electron chi connectivity index (χ4n) is 11.1. The summed E-state index contributed by atoms with van der Waals surface area (Å²) in [5.41, 5.74) is 45.3. The van der Waals surface area contributed by atoms with Gasteiger partial charge in [0, 0.05) is 25.9 Å². The van der Waals surface area contributed by atoms with Crippen molar-refractivity contribution in [3.63, 3.8) is 0 Å². The van der Waals surface area contributed by atoms with Crippen molar-refractivity contribution in [2.24, 2.45) is 85.4 Å². The Hall–Kier alpha value is -10.3. The highest BCUT2D eigenvalue weighted by atomic mass is 16.4. The number of hydrogen-bond donors (Lipinski definition) is 22. The Morgan fingerprint density at radius 1 is 0.427 bits per heavy atom. The lowest BCUT2D eigenvalue weighted by molar-refractivity contribution is -0.140. The molecule has 0 saturated heterocycles. The van der Waals surface area contributed by atoms with Gasteiger partial charge in [0.1, 0.15) is 66.5 Å². The molecule has 0 aliphatic heterocycles. The van der Waals surface area contributed by atoms with Crippen molar-refractivity contribution in [1.29, 1.82) is 0 Å². The van der Waals surface area contributed by atoms with Crippen LogP contribution in [0.5, 0.6) is 0 Å². The SMILES string of the molecule is CC[C@H](C)[C@H](NC(=O)[C@H](CCCCN)NC(=O)[C@@H](NC(=O)[C@@H](N)CC(=O)O)[C@@H](C)CC)C(=O)NCC(=O)N[C@@H](CC(C)C)C(=O)N[C@@H](Cc1ccccc1)C(=O)N[C@@H](CCCN=C(N)N)C(=O)N[C@@H](CCC(N)=O)C(=O)N[C@@H](CC(C)C)C(=O)N[C@@H](CO)C(=O)N[C@@H](CCCN=C(N)N)C(=O)N[C@@H](CC(C)C)C(N)=O. The molecule has 30 N–H and O–H groups in total. The lowest BCUT2D eigenvalue weighted by Crippen LogP contribution is -2.61. The van der Waals surface area contributed by atoms with Crippen molar-refractivity contribution < 1.29 is 82.1 Å². The standard InChI is InChI=1S/C71H124N22O17/c1-11-40(9)56(93-63(104)44(22-16-17-27-72)87-69(110)57(41(10)12-2)92-59(100)43(73)34-55(97)98)68(109)82-35-54(96)83-49(31-38(5)6)64(105)90-51(33-42-20-14-13-15-21-42)66(107)84-45(23-18-28-80-70(76)77)60(101)86-47(25-26-53(74)95)62(103)89-50(32-39(7)8)65(106)91-52(36-94)67(108)85-46(24-19-29-81-71(78)79)61(102)88-48(58(75)99)30-37(3)4/h13-15,20-21,37-41,43-52,56-57,94H,11-12,16-19,22-36,72-73H2,1-10H3,(H2,74,95)(H2,75,99)(H,82,109)(H,83,96)(H,84,107)(H,85,108)(H,86,101)(H,87,110)(H,88,102)(H,89,103)(H,90,105)(H,91,106)(H,92,100)(H,93,104)(H,97,98)(H4,76,77,80)(H4,78,79,81)/t40-,41-,43-,44-,45-,46-,47-,48-,49-,50-,51-,52-,56-,57-/m0/s1. The van der Waals surface area contributed by atoms with E-state index in [0.29, 0.717) is 31.2 Å². The number of carboxylic acids is 1. The minimum Gasteiger partial charge on any atom is -0.481 e. The van der Waals surface area contributed by atoms with Crippen molar-refractivity contribution in [2.45, 2.75) is 244 Å². The van der Waals surface area contributed by atoms with Gasteiger partial charge in [-0.3, -0.25) is 81.9 Å². The van der Waals surface area contributed by atoms with E-state index in [1.165, 1.54) is 0 Å². The lowest BCUT2D eigenvalue weighted by Gasteiger charge is -2.29. The molecule has 39 heteroatoms. The predicted octanol–water partition coefficient (Wildman–Crippen LogP) is -5.31. The molecule has 620 valence electrons. The maximum absolute atomic E-state index is 14.8. The number of amides is 14. The van der Waals surface area contributed by atoms with Gasteiger partial charge in [0.05, 0.1) is 25.6 Å². The summed E-state index contributed by atoms with van der Waals surface area (Å²) in [7, 11) is 0. The number of unbranched alkanes of at least 4 members (excludes halogenated alkanes) is 1. The van der Waals surface area contributed by atoms with Crippen molar-refractivity contribution in [3.05, 3.63) is 35.9 Å². The van der Waals surface area contributed by atoms with Gasteiger partial charge in [0.2, 0.25) is 82.7 Å². The molecule has 0 radical (unpaired) electrons. The van der Waals surface area contributed by atoms with Gasteiger partial charge in [0.25, 0.3) is 0 Å². The molecular weight excluding hydrogens is 1430 g/mol. The average molecular weight is 1560 g/mol. The molecule has 0 aliphatic carbocycles. The highest BCUT2D eigenvalue weighted by molar-refractivity contribution is 6.00. The van der Waals surface area contributed by atoms with Gasteiger partial charge in [-0.05, 0) is 112 Å². The molecular formula is C71H124N22O17. The molecule has 110 heavy (non-hydrogen) atoms. The number of nitrogens with two attached hydrogens (primary N) is 8. The van der Waals surface area contributed by atoms with E-state index in [-0.39, 0.29) is 107 Å². The molecule has 39 nitrogen and oxygen atoms in total. The Labute approximate surface area is 642 Å². The fourth-order valence-corrected chi connectivity index (χ4v) is 11.1. The number of guanidine groups is 2. The number of benzene rings is 1. The number of aliphatic imine (C=N–C) groups is 2. The van der Waals surface area contributed by atoms with E-state index in [1.807, 2.05) is 0 Å². The molecule has 0 unspecified atom stereocenters. The molecule has 1 rings (SSSR count). The van der Waals surface area contributed by atoms with Crippen LogP contribution in [0.1, 0.15) is 171 Å². The Kier molecular flexibility index (Phi) is 46.1. The van der Waals surface area contributed by atoms with E-state index in [1.54, 1.807) is 99.6 Å². The van der Waals surface area contributed by atoms with E-state index in [0.717, 1.165) is 0 Å². The average Bonchev–Trinajstić information content (AvgIpc) is 0.858. The van der Waals surface area contributed by atoms with E-state index in [9.17, 15) is 82.1 Å². The van der Waals surface area contributed by atoms with E-state index < -0.39 is 205 Å². The summed E-state index contributed by atoms with van der Waals surface area (Å²) in [4.78, 5) is 213. The Morgan fingerprint density at radius 2 is 0.800 bits per heavy atom. The highest BCUT2D eigenvalue weighted by Crippen LogP contribution is 2.16. The lowest BCUT2D eigenvalue weighted by atomic mass is 9.96. The largest absolute Gasteiger partial charge is 0.481 e. The van der Waals surface area contributed by atoms with Crippen molar-refractivity contribution in [1.82, 2.24) is 63.8 Å². The van der Waals surface area contributed by atoms with E-state index >= 15 is 0 Å². The minimum atomic E-state index is -1.75. The second-order valence-corrected chi connectivity index (χ2v) is 28.6. The van der Waals surface area contributed by atoms with Crippen molar-refractivity contribution in [3.8, 4) is 0 Å². The van der Waals surface area contributed by atoms with Crippen LogP contribution in [0.2, 0.25) is 0 Å². The maximum atomic E-state index is 14.8. The number of nitrogens with one attached hydrogen (secondary N) is 12. The van der Waals surface area contributed by atoms with Gasteiger partial charge < -0.3 is 120 Å². The number of rotatable bonds is 55. The molecule has 14 atom stereocenters. The summed E-state index contributed by atoms with van der Waals surface area (Å²) in [6.45, 7) is 15.8. The van der Waals surface area contributed by atoms with Crippen molar-refractivity contribution in [2.75, 3.05) is 32.8 Å². The van der Waals surface area contributed by atoms with Gasteiger partial charge in [-0.15, -0.1) is 0 Å². The zero-order valence-corrected chi connectivity index (χ0v) is 65.1. The zero-order chi connectivity index (χ0) is 83.5. The van der Waals surface area contributed by atoms with Crippen LogP contribution in [0.3, 0.4) is 0 Å². The third-order valence-corrected chi connectivity index (χ3v) is 17.6. The van der Waals surface area contributed by atoms with Gasteiger partial charge in [-0.25, -0.2) is 0 Å². The summed E-state index contributed by atoms with van der Waals surface area (Å²) >= 11 is 0. The second kappa shape index (κ2) is 51.9. The first kappa shape index (κ1) is 97.7. The molecule has 0 fully saturated rings. The molecule has 0 saturated carbocycles. The predicted molar refractivity (Wildman–Crippen MR) is 409 cm³/mol. The summed E-state index contributed by atoms with van der Waals surface area (Å²) < 4.78 is 0. The molecule has 0 bridgehead atoms. The molecule has 1 aromatic rings. The van der Waals surface area contributed by atoms with Crippen LogP contribution in [0.4, 0.5) is 0 Å². The highest BCUT2D eigenvalue weighted by Gasteiger charge is 2.38. The van der Waals surface area contributed by atoms with E-state index in [4.69, 9.17) is 45.9 Å². The molecule has 0 aliphatic rings. The molecule has 0 spiro atoms. The van der Waals surface area contributed by atoms with Crippen LogP contribution in [-0.4, -0.2) is 216 Å². The smallest absolute Gasteiger partial charge is 0.305 e. The van der Waals surface area contributed by atoms with Gasteiger partial charge in [0.15, 0.2) is 11.9 Å². The fraction of sp³-hybridized carbons (Fsp3) is 0.676. The van der Waals surface area contributed by atoms with Crippen LogP contribution in [0.25, 0.3) is 0 Å². The summed E-state index contributed by atoms with van der Waals surface area (Å²) in [5, 5.41) is 50.6. The topological polar surface area (TPSA) is 674 Å². The van der Waals surface area contributed by atoms with Crippen LogP contribution in [-0.2, 0) is 78.3 Å². The Balaban J connectivity index is 3.71. The molecule has 0 aromatic heterocycles. The van der Waals surface area contributed by atoms with Crippen molar-refractivity contribution >= 4 is 101 Å². The number of aliphatic hydroxyl groups is 1. The first-order chi connectivity index (χ1) is 51.7. The number of carbonyl (C=O) groups excluding carboxylic acids is 14. The number of aliphatic hydroxyl groups excluding tert-OH is 1. The zero-order valence-electron chi connectivity index (χ0n) is 65.1. The third kappa shape index (κ3) is 39.2. The van der Waals surface area contributed by atoms with Crippen LogP contribution in [0.15, 0.2) is 40.3 Å². The summed E-state index contributed by atoms with van der Waals surface area (Å²) in [6, 6.07) is -8.80. The second-order valence-electron chi connectivity index (χ2n) is 28.6. The van der Waals surface area contributed by atoms with Crippen LogP contribution in [0, 0.1) is 29.6 Å². The Bertz CT molecular complexity index is 3240. The monoisotopic (exact) mass is 1560 g/mol. The normalized spacial score (nSPS) is 15.0. The summed E-state index contributed by atoms with van der Waals surface area (Å²) in [5.74, 6) is -16.3. The van der Waals surface area contributed by atoms with Gasteiger partial charge >= 0.3 is 5.97 Å². The van der Waals surface area contributed by atoms with Gasteiger partial charge in [-0.1, -0.05) is 112 Å². The Morgan fingerprint density at radius 3 is 1.24 bits per heavy atom. The third-order valence-electron chi connectivity index (χ3n) is 17.6. The number of carbonyl (C=O) groups is 15. The maximum Gasteiger partial charge on any atom is 0.305 e. The minimum absolute atomic E-state index is 0.0175. The number of carboxylic acid groups (broad SMARTS) is 1. The number of nitrogens with zero attached hydrogens (tertiary/aromatic N) is 2.